The first-order chi connectivity index (χ1) is 12.5. The first kappa shape index (κ1) is 18.2. The molecule has 26 heavy (non-hydrogen) atoms. The topological polar surface area (TPSA) is 79.7 Å². The number of amides is 3. The number of hydrogen-bond donors (Lipinski definition) is 1. The summed E-state index contributed by atoms with van der Waals surface area (Å²) in [4.78, 5) is 27.7. The summed E-state index contributed by atoms with van der Waals surface area (Å²) in [5, 5.41) is 8.55. The van der Waals surface area contributed by atoms with E-state index in [1.807, 2.05) is 35.9 Å². The van der Waals surface area contributed by atoms with E-state index in [9.17, 15) is 9.59 Å². The predicted octanol–water partition coefficient (Wildman–Crippen LogP) is 1.05. The van der Waals surface area contributed by atoms with Gasteiger partial charge in [0.25, 0.3) is 5.91 Å². The van der Waals surface area contributed by atoms with Crippen LogP contribution in [0.3, 0.4) is 0 Å². The Balaban J connectivity index is 1.65. The van der Waals surface area contributed by atoms with Gasteiger partial charge in [0.1, 0.15) is 0 Å². The average Bonchev–Trinajstić information content (AvgIpc) is 3.03. The smallest absolute Gasteiger partial charge is 0.317 e. The fourth-order valence-corrected chi connectivity index (χ4v) is 3.11. The highest BCUT2D eigenvalue weighted by Crippen LogP contribution is 2.18. The molecule has 1 atom stereocenters. The van der Waals surface area contributed by atoms with E-state index >= 15 is 0 Å². The molecule has 1 aliphatic heterocycles. The van der Waals surface area contributed by atoms with Crippen molar-refractivity contribution in [2.75, 3.05) is 33.8 Å². The fourth-order valence-electron chi connectivity index (χ4n) is 3.11. The van der Waals surface area contributed by atoms with Crippen molar-refractivity contribution >= 4 is 22.8 Å². The number of nitrogens with zero attached hydrogens (tertiary/aromatic N) is 4. The van der Waals surface area contributed by atoms with Crippen LogP contribution in [0.15, 0.2) is 24.3 Å². The molecule has 2 heterocycles. The maximum absolute atomic E-state index is 12.5. The number of rotatable bonds is 4. The second kappa shape index (κ2) is 7.74. The molecular weight excluding hydrogens is 334 g/mol. The lowest BCUT2D eigenvalue weighted by molar-refractivity contribution is -0.145. The molecule has 8 heteroatoms. The number of nitrogens with one attached hydrogen (secondary N) is 1. The van der Waals surface area contributed by atoms with E-state index in [1.54, 1.807) is 19.0 Å². The van der Waals surface area contributed by atoms with E-state index in [0.717, 1.165) is 23.1 Å². The number of carbonyl (C=O) groups is 2. The molecule has 1 aromatic carbocycles. The number of morpholine rings is 1. The summed E-state index contributed by atoms with van der Waals surface area (Å²) in [5.41, 5.74) is 1.90. The zero-order valence-corrected chi connectivity index (χ0v) is 15.4. The van der Waals surface area contributed by atoms with Gasteiger partial charge >= 0.3 is 6.03 Å². The van der Waals surface area contributed by atoms with E-state index in [-0.39, 0.29) is 18.5 Å². The summed E-state index contributed by atoms with van der Waals surface area (Å²) in [6.07, 6.45) is -0.607. The normalized spacial score (nSPS) is 17.3. The predicted molar refractivity (Wildman–Crippen MR) is 97.6 cm³/mol. The second-order valence-electron chi connectivity index (χ2n) is 6.48. The molecule has 1 fully saturated rings. The maximum Gasteiger partial charge on any atom is 0.317 e. The van der Waals surface area contributed by atoms with Crippen LogP contribution in [0.4, 0.5) is 4.79 Å². The summed E-state index contributed by atoms with van der Waals surface area (Å²) < 4.78 is 7.42. The molecule has 0 bridgehead atoms. The van der Waals surface area contributed by atoms with E-state index in [2.05, 4.69) is 10.4 Å². The summed E-state index contributed by atoms with van der Waals surface area (Å²) in [5.74, 6) is -0.129. The van der Waals surface area contributed by atoms with Gasteiger partial charge in [0, 0.05) is 32.6 Å². The molecule has 0 aliphatic carbocycles. The van der Waals surface area contributed by atoms with Gasteiger partial charge in [0.05, 0.1) is 30.9 Å². The molecule has 0 radical (unpaired) electrons. The quantitative estimate of drug-likeness (QED) is 0.885. The minimum atomic E-state index is -0.607. The Morgan fingerprint density at radius 1 is 1.35 bits per heavy atom. The number of hydrogen-bond acceptors (Lipinski definition) is 4. The van der Waals surface area contributed by atoms with Crippen molar-refractivity contribution in [3.8, 4) is 0 Å². The Morgan fingerprint density at radius 2 is 2.12 bits per heavy atom. The lowest BCUT2D eigenvalue weighted by atomic mass is 10.2. The van der Waals surface area contributed by atoms with Crippen molar-refractivity contribution in [2.24, 2.45) is 0 Å². The van der Waals surface area contributed by atoms with Crippen LogP contribution in [0.25, 0.3) is 10.9 Å². The highest BCUT2D eigenvalue weighted by molar-refractivity contribution is 5.84. The molecular formula is C18H25N5O3. The molecule has 3 amide bonds. The third kappa shape index (κ3) is 3.65. The third-order valence-corrected chi connectivity index (χ3v) is 4.51. The molecule has 140 valence electrons. The number of likely N-dealkylation sites (N-methyl/N-ethyl adjacent to an activating group) is 1. The Morgan fingerprint density at radius 3 is 2.85 bits per heavy atom. The monoisotopic (exact) mass is 359 g/mol. The first-order valence-corrected chi connectivity index (χ1v) is 8.81. The minimum Gasteiger partial charge on any atom is -0.365 e. The zero-order chi connectivity index (χ0) is 18.7. The summed E-state index contributed by atoms with van der Waals surface area (Å²) in [6.45, 7) is 4.23. The second-order valence-corrected chi connectivity index (χ2v) is 6.48. The molecule has 1 aromatic heterocycles. The lowest BCUT2D eigenvalue weighted by Crippen LogP contribution is -2.53. The third-order valence-electron chi connectivity index (χ3n) is 4.51. The number of urea groups is 1. The van der Waals surface area contributed by atoms with Gasteiger partial charge in [-0.15, -0.1) is 0 Å². The van der Waals surface area contributed by atoms with Crippen molar-refractivity contribution in [1.82, 2.24) is 24.9 Å². The minimum absolute atomic E-state index is 0.129. The lowest BCUT2D eigenvalue weighted by Gasteiger charge is -2.33. The van der Waals surface area contributed by atoms with Crippen molar-refractivity contribution in [3.05, 3.63) is 30.0 Å². The number of carbonyl (C=O) groups excluding carboxylic acids is 2. The van der Waals surface area contributed by atoms with Gasteiger partial charge in [-0.2, -0.15) is 5.10 Å². The van der Waals surface area contributed by atoms with Crippen LogP contribution in [0, 0.1) is 0 Å². The van der Waals surface area contributed by atoms with E-state index < -0.39 is 6.10 Å². The Kier molecular flexibility index (Phi) is 5.41. The van der Waals surface area contributed by atoms with E-state index in [1.165, 1.54) is 4.90 Å². The van der Waals surface area contributed by atoms with Crippen LogP contribution in [0.1, 0.15) is 12.6 Å². The van der Waals surface area contributed by atoms with Gasteiger partial charge < -0.3 is 19.9 Å². The zero-order valence-electron chi connectivity index (χ0n) is 15.4. The summed E-state index contributed by atoms with van der Waals surface area (Å²) >= 11 is 0. The molecule has 1 saturated heterocycles. The maximum atomic E-state index is 12.5. The van der Waals surface area contributed by atoms with Gasteiger partial charge in [-0.25, -0.2) is 4.79 Å². The Bertz CT molecular complexity index is 801. The number of ether oxygens (including phenoxy) is 1. The fraction of sp³-hybridized carbons (Fsp3) is 0.500. The molecule has 1 aliphatic rings. The SMILES string of the molecule is CCn1nc(CNC(=O)N2CCO[C@@H](C(=O)N(C)C)C2)c2ccccc21. The molecule has 0 saturated carbocycles. The highest BCUT2D eigenvalue weighted by Gasteiger charge is 2.30. The number of aromatic nitrogens is 2. The summed E-state index contributed by atoms with van der Waals surface area (Å²) in [6, 6.07) is 7.77. The van der Waals surface area contributed by atoms with Crippen molar-refractivity contribution < 1.29 is 14.3 Å². The number of fused-ring (bicyclic) bond motifs is 1. The summed E-state index contributed by atoms with van der Waals surface area (Å²) in [7, 11) is 3.36. The molecule has 3 rings (SSSR count). The standard InChI is InChI=1S/C18H25N5O3/c1-4-23-15-8-6-5-7-13(15)14(20-23)11-19-18(25)22-9-10-26-16(12-22)17(24)21(2)3/h5-8,16H,4,9-12H2,1-3H3,(H,19,25)/t16-/m1/s1. The largest absolute Gasteiger partial charge is 0.365 e. The van der Waals surface area contributed by atoms with Crippen LogP contribution in [-0.4, -0.2) is 71.4 Å². The van der Waals surface area contributed by atoms with Crippen molar-refractivity contribution in [3.63, 3.8) is 0 Å². The Labute approximate surface area is 152 Å². The van der Waals surface area contributed by atoms with Crippen molar-refractivity contribution in [1.29, 1.82) is 0 Å². The number of para-hydroxylation sites is 1. The van der Waals surface area contributed by atoms with Gasteiger partial charge in [-0.3, -0.25) is 9.48 Å². The van der Waals surface area contributed by atoms with Crippen molar-refractivity contribution in [2.45, 2.75) is 26.1 Å². The van der Waals surface area contributed by atoms with Gasteiger partial charge in [0.2, 0.25) is 0 Å². The van der Waals surface area contributed by atoms with Gasteiger partial charge in [-0.1, -0.05) is 18.2 Å². The number of benzene rings is 1. The molecule has 0 unspecified atom stereocenters. The van der Waals surface area contributed by atoms with Crippen LogP contribution < -0.4 is 5.32 Å². The molecule has 1 N–H and O–H groups in total. The molecule has 2 aromatic rings. The molecule has 8 nitrogen and oxygen atoms in total. The van der Waals surface area contributed by atoms with E-state index in [4.69, 9.17) is 4.74 Å². The van der Waals surface area contributed by atoms with Crippen LogP contribution in [0.2, 0.25) is 0 Å². The highest BCUT2D eigenvalue weighted by atomic mass is 16.5. The van der Waals surface area contributed by atoms with Gasteiger partial charge in [-0.05, 0) is 13.0 Å². The van der Waals surface area contributed by atoms with Gasteiger partial charge in [0.15, 0.2) is 6.10 Å². The van der Waals surface area contributed by atoms with Crippen LogP contribution in [-0.2, 0) is 22.6 Å². The first-order valence-electron chi connectivity index (χ1n) is 8.81. The van der Waals surface area contributed by atoms with E-state index in [0.29, 0.717) is 19.7 Å². The average molecular weight is 359 g/mol. The Hall–Kier alpha value is -2.61. The molecule has 0 spiro atoms. The van der Waals surface area contributed by atoms with Crippen LogP contribution >= 0.6 is 0 Å². The van der Waals surface area contributed by atoms with Crippen LogP contribution in [0.5, 0.6) is 0 Å². The number of aryl methyl sites for hydroxylation is 1.